The standard InChI is InChI=1S/C14H13F2NO/c15-11-3-1-10(2-4-11)14(9-17)18-13-7-5-12(16)6-8-13/h1-8,14H,9,17H2. The fourth-order valence-electron chi connectivity index (χ4n) is 1.61. The second-order valence-electron chi connectivity index (χ2n) is 3.85. The third-order valence-electron chi connectivity index (χ3n) is 2.55. The van der Waals surface area contributed by atoms with E-state index < -0.39 is 0 Å². The smallest absolute Gasteiger partial charge is 0.136 e. The van der Waals surface area contributed by atoms with Gasteiger partial charge in [-0.2, -0.15) is 0 Å². The molecule has 2 nitrogen and oxygen atoms in total. The molecule has 0 saturated carbocycles. The molecular formula is C14H13F2NO. The van der Waals surface area contributed by atoms with Crippen LogP contribution in [0.1, 0.15) is 11.7 Å². The van der Waals surface area contributed by atoms with Crippen molar-refractivity contribution in [2.75, 3.05) is 6.54 Å². The van der Waals surface area contributed by atoms with E-state index in [0.29, 0.717) is 5.75 Å². The Morgan fingerprint density at radius 2 is 1.39 bits per heavy atom. The molecule has 0 aromatic heterocycles. The predicted molar refractivity (Wildman–Crippen MR) is 65.2 cm³/mol. The SMILES string of the molecule is NCC(Oc1ccc(F)cc1)c1ccc(F)cc1. The molecule has 0 heterocycles. The van der Waals surface area contributed by atoms with E-state index in [2.05, 4.69) is 0 Å². The zero-order valence-corrected chi connectivity index (χ0v) is 9.64. The van der Waals surface area contributed by atoms with Gasteiger partial charge in [0.2, 0.25) is 0 Å². The molecule has 0 aliphatic rings. The first kappa shape index (κ1) is 12.5. The van der Waals surface area contributed by atoms with Crippen molar-refractivity contribution in [3.63, 3.8) is 0 Å². The summed E-state index contributed by atoms with van der Waals surface area (Å²) < 4.78 is 31.2. The first-order valence-corrected chi connectivity index (χ1v) is 5.57. The Hall–Kier alpha value is -1.94. The molecule has 4 heteroatoms. The number of hydrogen-bond acceptors (Lipinski definition) is 2. The van der Waals surface area contributed by atoms with E-state index >= 15 is 0 Å². The molecule has 0 amide bonds. The van der Waals surface area contributed by atoms with Gasteiger partial charge in [-0.05, 0) is 42.0 Å². The summed E-state index contributed by atoms with van der Waals surface area (Å²) in [4.78, 5) is 0. The Labute approximate surface area is 104 Å². The normalized spacial score (nSPS) is 12.2. The van der Waals surface area contributed by atoms with Crippen LogP contribution in [-0.2, 0) is 0 Å². The summed E-state index contributed by atoms with van der Waals surface area (Å²) in [5.74, 6) is -0.110. The first-order chi connectivity index (χ1) is 8.69. The lowest BCUT2D eigenvalue weighted by Gasteiger charge is -2.17. The van der Waals surface area contributed by atoms with Crippen LogP contribution in [0.3, 0.4) is 0 Å². The van der Waals surface area contributed by atoms with E-state index in [0.717, 1.165) is 5.56 Å². The van der Waals surface area contributed by atoms with E-state index in [9.17, 15) is 8.78 Å². The van der Waals surface area contributed by atoms with Gasteiger partial charge in [-0.25, -0.2) is 8.78 Å². The number of ether oxygens (including phenoxy) is 1. The highest BCUT2D eigenvalue weighted by atomic mass is 19.1. The average molecular weight is 249 g/mol. The van der Waals surface area contributed by atoms with E-state index in [4.69, 9.17) is 10.5 Å². The van der Waals surface area contributed by atoms with E-state index in [-0.39, 0.29) is 24.3 Å². The summed E-state index contributed by atoms with van der Waals surface area (Å²) in [6.07, 6.45) is -0.379. The van der Waals surface area contributed by atoms with Gasteiger partial charge in [-0.3, -0.25) is 0 Å². The second-order valence-corrected chi connectivity index (χ2v) is 3.85. The summed E-state index contributed by atoms with van der Waals surface area (Å²) in [5, 5.41) is 0. The van der Waals surface area contributed by atoms with Gasteiger partial charge in [-0.1, -0.05) is 12.1 Å². The van der Waals surface area contributed by atoms with Gasteiger partial charge in [0.05, 0.1) is 0 Å². The molecule has 0 aliphatic heterocycles. The van der Waals surface area contributed by atoms with Crippen molar-refractivity contribution in [1.82, 2.24) is 0 Å². The largest absolute Gasteiger partial charge is 0.484 e. The first-order valence-electron chi connectivity index (χ1n) is 5.57. The quantitative estimate of drug-likeness (QED) is 0.903. The maximum Gasteiger partial charge on any atom is 0.136 e. The molecule has 0 saturated heterocycles. The van der Waals surface area contributed by atoms with Crippen LogP contribution in [0.15, 0.2) is 48.5 Å². The van der Waals surface area contributed by atoms with Gasteiger partial charge in [0.25, 0.3) is 0 Å². The van der Waals surface area contributed by atoms with Crippen molar-refractivity contribution in [2.45, 2.75) is 6.10 Å². The molecule has 0 radical (unpaired) electrons. The van der Waals surface area contributed by atoms with E-state index in [1.54, 1.807) is 12.1 Å². The molecule has 2 rings (SSSR count). The summed E-state index contributed by atoms with van der Waals surface area (Å²) >= 11 is 0. The summed E-state index contributed by atoms with van der Waals surface area (Å²) in [6, 6.07) is 11.6. The van der Waals surface area contributed by atoms with Gasteiger partial charge in [-0.15, -0.1) is 0 Å². The molecular weight excluding hydrogens is 236 g/mol. The van der Waals surface area contributed by atoms with E-state index in [1.165, 1.54) is 36.4 Å². The molecule has 2 aromatic carbocycles. The minimum absolute atomic E-state index is 0.253. The summed E-state index contributed by atoms with van der Waals surface area (Å²) in [7, 11) is 0. The monoisotopic (exact) mass is 249 g/mol. The van der Waals surface area contributed by atoms with Gasteiger partial charge >= 0.3 is 0 Å². The molecule has 0 bridgehead atoms. The zero-order valence-electron chi connectivity index (χ0n) is 9.64. The number of nitrogens with two attached hydrogens (primary N) is 1. The van der Waals surface area contributed by atoms with Crippen LogP contribution in [0.5, 0.6) is 5.75 Å². The maximum absolute atomic E-state index is 12.8. The van der Waals surface area contributed by atoms with Gasteiger partial charge < -0.3 is 10.5 Å². The Bertz CT molecular complexity index is 496. The average Bonchev–Trinajstić information content (AvgIpc) is 2.39. The highest BCUT2D eigenvalue weighted by molar-refractivity contribution is 5.25. The Kier molecular flexibility index (Phi) is 3.89. The Balaban J connectivity index is 2.14. The Morgan fingerprint density at radius 3 is 1.89 bits per heavy atom. The van der Waals surface area contributed by atoms with Crippen molar-refractivity contribution < 1.29 is 13.5 Å². The predicted octanol–water partition coefficient (Wildman–Crippen LogP) is 3.04. The minimum Gasteiger partial charge on any atom is -0.484 e. The molecule has 0 spiro atoms. The lowest BCUT2D eigenvalue weighted by Crippen LogP contribution is -2.18. The molecule has 0 fully saturated rings. The van der Waals surface area contributed by atoms with Crippen molar-refractivity contribution in [2.24, 2.45) is 5.73 Å². The number of rotatable bonds is 4. The molecule has 94 valence electrons. The van der Waals surface area contributed by atoms with Crippen LogP contribution >= 0.6 is 0 Å². The minimum atomic E-state index is -0.379. The lowest BCUT2D eigenvalue weighted by molar-refractivity contribution is 0.214. The molecule has 1 unspecified atom stereocenters. The zero-order chi connectivity index (χ0) is 13.0. The highest BCUT2D eigenvalue weighted by Crippen LogP contribution is 2.21. The fraction of sp³-hybridized carbons (Fsp3) is 0.143. The van der Waals surface area contributed by atoms with Crippen LogP contribution in [0, 0.1) is 11.6 Å². The lowest BCUT2D eigenvalue weighted by atomic mass is 10.1. The van der Waals surface area contributed by atoms with Gasteiger partial charge in [0.15, 0.2) is 0 Å². The molecule has 2 N–H and O–H groups in total. The summed E-state index contributed by atoms with van der Waals surface area (Å²) in [5.41, 5.74) is 6.41. The summed E-state index contributed by atoms with van der Waals surface area (Å²) in [6.45, 7) is 0.253. The molecule has 0 aliphatic carbocycles. The van der Waals surface area contributed by atoms with Crippen molar-refractivity contribution in [3.8, 4) is 5.75 Å². The van der Waals surface area contributed by atoms with Crippen LogP contribution < -0.4 is 10.5 Å². The van der Waals surface area contributed by atoms with Gasteiger partial charge in [0.1, 0.15) is 23.5 Å². The van der Waals surface area contributed by atoms with Gasteiger partial charge in [0, 0.05) is 6.54 Å². The molecule has 18 heavy (non-hydrogen) atoms. The molecule has 2 aromatic rings. The second kappa shape index (κ2) is 5.60. The third kappa shape index (κ3) is 3.05. The maximum atomic E-state index is 12.8. The van der Waals surface area contributed by atoms with Crippen molar-refractivity contribution in [3.05, 3.63) is 65.7 Å². The molecule has 1 atom stereocenters. The Morgan fingerprint density at radius 1 is 0.889 bits per heavy atom. The number of benzene rings is 2. The van der Waals surface area contributed by atoms with Crippen molar-refractivity contribution >= 4 is 0 Å². The van der Waals surface area contributed by atoms with Crippen LogP contribution in [-0.4, -0.2) is 6.54 Å². The van der Waals surface area contributed by atoms with Crippen LogP contribution in [0.2, 0.25) is 0 Å². The van der Waals surface area contributed by atoms with E-state index in [1.807, 2.05) is 0 Å². The topological polar surface area (TPSA) is 35.2 Å². The number of halogens is 2. The van der Waals surface area contributed by atoms with Crippen molar-refractivity contribution in [1.29, 1.82) is 0 Å². The number of hydrogen-bond donors (Lipinski definition) is 1. The van der Waals surface area contributed by atoms with Crippen LogP contribution in [0.25, 0.3) is 0 Å². The van der Waals surface area contributed by atoms with Crippen LogP contribution in [0.4, 0.5) is 8.78 Å². The highest BCUT2D eigenvalue weighted by Gasteiger charge is 2.11. The third-order valence-corrected chi connectivity index (χ3v) is 2.55. The fourth-order valence-corrected chi connectivity index (χ4v) is 1.61.